The molecule has 1 saturated heterocycles. The van der Waals surface area contributed by atoms with Crippen molar-refractivity contribution < 1.29 is 32.6 Å². The molecule has 8 nitrogen and oxygen atoms in total. The summed E-state index contributed by atoms with van der Waals surface area (Å²) in [7, 11) is 0. The van der Waals surface area contributed by atoms with Crippen LogP contribution in [-0.4, -0.2) is 46.9 Å². The maximum atomic E-state index is 13.9. The molecule has 1 saturated carbocycles. The fourth-order valence-corrected chi connectivity index (χ4v) is 5.91. The Balaban J connectivity index is 1.20. The first kappa shape index (κ1) is 29.8. The Labute approximate surface area is 255 Å². The predicted molar refractivity (Wildman–Crippen MR) is 159 cm³/mol. The third-order valence-electron chi connectivity index (χ3n) is 8.38. The number of rotatable bonds is 7. The van der Waals surface area contributed by atoms with Gasteiger partial charge in [-0.1, -0.05) is 42.5 Å². The van der Waals surface area contributed by atoms with E-state index >= 15 is 0 Å². The summed E-state index contributed by atoms with van der Waals surface area (Å²) in [6, 6.07) is 17.8. The van der Waals surface area contributed by atoms with E-state index in [-0.39, 0.29) is 42.6 Å². The third kappa shape index (κ3) is 6.21. The van der Waals surface area contributed by atoms with Crippen LogP contribution >= 0.6 is 0 Å². The average molecular weight is 606 g/mol. The normalized spacial score (nSPS) is 21.4. The van der Waals surface area contributed by atoms with Crippen molar-refractivity contribution in [3.8, 4) is 17.1 Å². The van der Waals surface area contributed by atoms with Gasteiger partial charge in [-0.3, -0.25) is 0 Å². The molecule has 1 aliphatic heterocycles. The number of ether oxygens (including phenoxy) is 3. The lowest BCUT2D eigenvalue weighted by Crippen LogP contribution is -2.41. The van der Waals surface area contributed by atoms with Gasteiger partial charge in [-0.05, 0) is 63.4 Å². The van der Waals surface area contributed by atoms with E-state index in [0.29, 0.717) is 41.4 Å². The number of hydrogen-bond acceptors (Lipinski definition) is 6. The Morgan fingerprint density at radius 1 is 1.00 bits per heavy atom. The van der Waals surface area contributed by atoms with Crippen LogP contribution in [0.15, 0.2) is 60.7 Å². The van der Waals surface area contributed by atoms with Crippen molar-refractivity contribution in [3.05, 3.63) is 82.9 Å². The molecule has 2 aromatic carbocycles. The third-order valence-corrected chi connectivity index (χ3v) is 8.38. The zero-order chi connectivity index (χ0) is 31.4. The minimum atomic E-state index is -2.81. The molecule has 2 amide bonds. The van der Waals surface area contributed by atoms with E-state index in [9.17, 15) is 18.4 Å². The van der Waals surface area contributed by atoms with Crippen LogP contribution in [0, 0.1) is 11.8 Å². The van der Waals surface area contributed by atoms with Crippen LogP contribution in [0.4, 0.5) is 18.4 Å². The summed E-state index contributed by atoms with van der Waals surface area (Å²) in [5.74, 6) is -2.12. The van der Waals surface area contributed by atoms with Crippen LogP contribution in [0.25, 0.3) is 11.3 Å². The summed E-state index contributed by atoms with van der Waals surface area (Å²) in [4.78, 5) is 31.8. The molecule has 3 aromatic rings. The number of alkyl halides is 2. The van der Waals surface area contributed by atoms with Crippen molar-refractivity contribution in [1.29, 1.82) is 0 Å². The number of nitrogens with zero attached hydrogens (tertiary/aromatic N) is 2. The molecule has 2 fully saturated rings. The number of amides is 2. The maximum Gasteiger partial charge on any atom is 0.410 e. The molecule has 3 aliphatic rings. The van der Waals surface area contributed by atoms with Crippen LogP contribution in [0.2, 0.25) is 0 Å². The molecule has 232 valence electrons. The number of hydrogen-bond donors (Lipinski definition) is 1. The van der Waals surface area contributed by atoms with Gasteiger partial charge in [0.05, 0.1) is 11.2 Å². The molecule has 6 rings (SSSR count). The van der Waals surface area contributed by atoms with E-state index in [0.717, 1.165) is 5.56 Å². The number of nitrogens with one attached hydrogen (secondary N) is 1. The molecular formula is C34H37F2N3O5. The summed E-state index contributed by atoms with van der Waals surface area (Å²) in [6.45, 7) is 10.4. The first-order valence-corrected chi connectivity index (χ1v) is 14.9. The Bertz CT molecular complexity index is 1580. The number of fused-ring (bicyclic) bond motifs is 2. The molecule has 1 N–H and O–H groups in total. The number of aromatic nitrogens is 1. The Morgan fingerprint density at radius 3 is 2.34 bits per heavy atom. The minimum Gasteiger partial charge on any atom is -0.474 e. The van der Waals surface area contributed by atoms with Crippen LogP contribution in [-0.2, 0) is 34.0 Å². The SMILES string of the molecule is CC(C)(C)OC(=O)N1C[C@@H]2C(Oc3cc(C(C)(C)NC(=O)OCc4ccccc4)cc(-c4ccc5c(c4)CC5(F)F)n3)[C@@H]2C1. The number of halogens is 2. The molecule has 1 aromatic heterocycles. The predicted octanol–water partition coefficient (Wildman–Crippen LogP) is 6.80. The van der Waals surface area contributed by atoms with Gasteiger partial charge < -0.3 is 24.4 Å². The zero-order valence-corrected chi connectivity index (χ0v) is 25.5. The monoisotopic (exact) mass is 605 g/mol. The van der Waals surface area contributed by atoms with Gasteiger partial charge in [0.25, 0.3) is 5.92 Å². The second-order valence-electron chi connectivity index (χ2n) is 13.4. The number of carbonyl (C=O) groups excluding carboxylic acids is 2. The highest BCUT2D eigenvalue weighted by Crippen LogP contribution is 2.49. The van der Waals surface area contributed by atoms with Crippen molar-refractivity contribution in [2.24, 2.45) is 11.8 Å². The lowest BCUT2D eigenvalue weighted by molar-refractivity contribution is -0.0287. The topological polar surface area (TPSA) is 90.0 Å². The Morgan fingerprint density at radius 2 is 1.70 bits per heavy atom. The van der Waals surface area contributed by atoms with Crippen LogP contribution in [0.5, 0.6) is 5.88 Å². The number of benzene rings is 2. The number of pyridine rings is 1. The molecule has 0 radical (unpaired) electrons. The van der Waals surface area contributed by atoms with E-state index < -0.39 is 23.2 Å². The quantitative estimate of drug-likeness (QED) is 0.319. The fourth-order valence-electron chi connectivity index (χ4n) is 5.91. The smallest absolute Gasteiger partial charge is 0.410 e. The standard InChI is InChI=1S/C34H37F2N3O5/c1-32(2,3)44-31(41)39-17-24-25(18-39)29(24)43-28-15-23(33(4,5)38-30(40)42-19-20-9-7-6-8-10-20)14-27(37-28)21-11-12-26-22(13-21)16-34(26,35)36/h6-15,24-25,29H,16-19H2,1-5H3,(H,38,40)/t24-,25+,29?. The van der Waals surface area contributed by atoms with Crippen LogP contribution in [0.3, 0.4) is 0 Å². The second-order valence-corrected chi connectivity index (χ2v) is 13.4. The Hall–Kier alpha value is -4.21. The fraction of sp³-hybridized carbons (Fsp3) is 0.441. The van der Waals surface area contributed by atoms with E-state index in [1.165, 1.54) is 6.07 Å². The molecule has 0 bridgehead atoms. The summed E-state index contributed by atoms with van der Waals surface area (Å²) >= 11 is 0. The summed E-state index contributed by atoms with van der Waals surface area (Å²) in [6.07, 6.45) is -1.34. The highest BCUT2D eigenvalue weighted by atomic mass is 19.3. The minimum absolute atomic E-state index is 0.0392. The summed E-state index contributed by atoms with van der Waals surface area (Å²) < 4.78 is 45.2. The van der Waals surface area contributed by atoms with Gasteiger partial charge in [0.2, 0.25) is 5.88 Å². The average Bonchev–Trinajstić information content (AvgIpc) is 3.36. The van der Waals surface area contributed by atoms with Gasteiger partial charge >= 0.3 is 12.2 Å². The molecule has 0 spiro atoms. The van der Waals surface area contributed by atoms with Crippen LogP contribution < -0.4 is 10.1 Å². The van der Waals surface area contributed by atoms with Gasteiger partial charge in [-0.25, -0.2) is 23.4 Å². The van der Waals surface area contributed by atoms with Gasteiger partial charge in [0.1, 0.15) is 18.3 Å². The first-order valence-electron chi connectivity index (χ1n) is 14.9. The van der Waals surface area contributed by atoms with E-state index in [1.807, 2.05) is 71.0 Å². The largest absolute Gasteiger partial charge is 0.474 e. The highest BCUT2D eigenvalue weighted by molar-refractivity contribution is 5.70. The van der Waals surface area contributed by atoms with Gasteiger partial charge in [-0.15, -0.1) is 0 Å². The summed E-state index contributed by atoms with van der Waals surface area (Å²) in [5.41, 5.74) is 1.98. The number of carbonyl (C=O) groups is 2. The lowest BCUT2D eigenvalue weighted by Gasteiger charge is -2.30. The van der Waals surface area contributed by atoms with Gasteiger partial charge in [0.15, 0.2) is 0 Å². The molecule has 10 heteroatoms. The number of alkyl carbamates (subject to hydrolysis) is 1. The van der Waals surface area contributed by atoms with Crippen molar-refractivity contribution >= 4 is 12.2 Å². The van der Waals surface area contributed by atoms with Crippen molar-refractivity contribution in [3.63, 3.8) is 0 Å². The zero-order valence-electron chi connectivity index (χ0n) is 25.5. The molecule has 44 heavy (non-hydrogen) atoms. The molecule has 3 atom stereocenters. The lowest BCUT2D eigenvalue weighted by atomic mass is 9.82. The summed E-state index contributed by atoms with van der Waals surface area (Å²) in [5, 5.41) is 2.94. The number of likely N-dealkylation sites (tertiary alicyclic amines) is 1. The van der Waals surface area contributed by atoms with Crippen molar-refractivity contribution in [2.75, 3.05) is 13.1 Å². The molecule has 2 aliphatic carbocycles. The Kier molecular flexibility index (Phi) is 7.29. The maximum absolute atomic E-state index is 13.9. The van der Waals surface area contributed by atoms with Crippen molar-refractivity contribution in [1.82, 2.24) is 15.2 Å². The molecule has 2 heterocycles. The highest BCUT2D eigenvalue weighted by Gasteiger charge is 2.59. The number of piperidine rings is 1. The van der Waals surface area contributed by atoms with Crippen LogP contribution in [0.1, 0.15) is 56.9 Å². The van der Waals surface area contributed by atoms with Gasteiger partial charge in [-0.2, -0.15) is 0 Å². The second kappa shape index (κ2) is 10.7. The molecule has 1 unspecified atom stereocenters. The van der Waals surface area contributed by atoms with E-state index in [1.54, 1.807) is 23.1 Å². The van der Waals surface area contributed by atoms with Crippen molar-refractivity contribution in [2.45, 2.75) is 70.8 Å². The molecular weight excluding hydrogens is 568 g/mol. The first-order chi connectivity index (χ1) is 20.7. The van der Waals surface area contributed by atoms with E-state index in [4.69, 9.17) is 19.2 Å². The van der Waals surface area contributed by atoms with Gasteiger partial charge in [0, 0.05) is 48.5 Å². The van der Waals surface area contributed by atoms with E-state index in [2.05, 4.69) is 5.32 Å².